The number of amides is 1. The number of likely N-dealkylation sites (tertiary alicyclic amines) is 1. The topological polar surface area (TPSA) is 72.5 Å². The maximum Gasteiger partial charge on any atom is 0.236 e. The van der Waals surface area contributed by atoms with E-state index in [2.05, 4.69) is 33.9 Å². The third kappa shape index (κ3) is 4.58. The van der Waals surface area contributed by atoms with Gasteiger partial charge in [-0.2, -0.15) is 0 Å². The predicted molar refractivity (Wildman–Crippen MR) is 98.5 cm³/mol. The van der Waals surface area contributed by atoms with E-state index in [9.17, 15) is 9.90 Å². The molecule has 6 heteroatoms. The van der Waals surface area contributed by atoms with Crippen LogP contribution < -0.4 is 0 Å². The Bertz CT molecular complexity index is 727. The minimum absolute atomic E-state index is 0.128. The Balaban J connectivity index is 1.56. The molecule has 0 spiro atoms. The molecule has 1 saturated heterocycles. The van der Waals surface area contributed by atoms with Crippen LogP contribution in [-0.2, 0) is 11.2 Å². The number of aromatic amines is 1. The van der Waals surface area contributed by atoms with Crippen molar-refractivity contribution < 1.29 is 9.90 Å². The second-order valence-electron chi connectivity index (χ2n) is 6.96. The van der Waals surface area contributed by atoms with E-state index in [4.69, 9.17) is 0 Å². The molecule has 1 aromatic carbocycles. The van der Waals surface area contributed by atoms with Gasteiger partial charge in [0.1, 0.15) is 5.82 Å². The van der Waals surface area contributed by atoms with Crippen LogP contribution in [0.5, 0.6) is 0 Å². The number of H-pyrrole nitrogens is 1. The summed E-state index contributed by atoms with van der Waals surface area (Å²) >= 11 is 0. The number of fused-ring (bicyclic) bond motifs is 1. The highest BCUT2D eigenvalue weighted by Gasteiger charge is 2.22. The molecule has 1 fully saturated rings. The quantitative estimate of drug-likeness (QED) is 0.837. The van der Waals surface area contributed by atoms with Gasteiger partial charge < -0.3 is 15.0 Å². The van der Waals surface area contributed by atoms with Crippen molar-refractivity contribution in [1.29, 1.82) is 0 Å². The molecule has 2 N–H and O–H groups in total. The van der Waals surface area contributed by atoms with E-state index in [0.29, 0.717) is 26.2 Å². The first kappa shape index (κ1) is 17.9. The summed E-state index contributed by atoms with van der Waals surface area (Å²) in [5.74, 6) is 1.05. The molecule has 1 amide bonds. The lowest BCUT2D eigenvalue weighted by Gasteiger charge is -2.31. The van der Waals surface area contributed by atoms with Gasteiger partial charge in [-0.15, -0.1) is 0 Å². The molecule has 6 nitrogen and oxygen atoms in total. The van der Waals surface area contributed by atoms with Gasteiger partial charge in [-0.25, -0.2) is 4.98 Å². The minimum Gasteiger partial charge on any atom is -0.392 e. The molecule has 2 heterocycles. The maximum atomic E-state index is 12.6. The summed E-state index contributed by atoms with van der Waals surface area (Å²) in [6, 6.07) is 6.17. The van der Waals surface area contributed by atoms with Gasteiger partial charge in [0, 0.05) is 26.1 Å². The van der Waals surface area contributed by atoms with Gasteiger partial charge in [0.15, 0.2) is 0 Å². The van der Waals surface area contributed by atoms with E-state index in [-0.39, 0.29) is 12.0 Å². The molecule has 25 heavy (non-hydrogen) atoms. The molecule has 0 saturated carbocycles. The molecular formula is C19H28N4O2. The largest absolute Gasteiger partial charge is 0.392 e. The zero-order valence-corrected chi connectivity index (χ0v) is 15.2. The van der Waals surface area contributed by atoms with Gasteiger partial charge in [-0.3, -0.25) is 9.69 Å². The minimum atomic E-state index is -0.296. The highest BCUT2D eigenvalue weighted by molar-refractivity contribution is 5.78. The molecule has 1 atom stereocenters. The van der Waals surface area contributed by atoms with Crippen molar-refractivity contribution in [2.24, 2.45) is 0 Å². The van der Waals surface area contributed by atoms with E-state index in [0.717, 1.165) is 42.7 Å². The van der Waals surface area contributed by atoms with Crippen molar-refractivity contribution in [3.05, 3.63) is 29.6 Å². The highest BCUT2D eigenvalue weighted by atomic mass is 16.3. The number of carbonyl (C=O) groups is 1. The molecule has 0 aliphatic carbocycles. The number of hydrogen-bond acceptors (Lipinski definition) is 4. The van der Waals surface area contributed by atoms with Crippen LogP contribution in [0, 0.1) is 6.92 Å². The van der Waals surface area contributed by atoms with Crippen LogP contribution in [0.15, 0.2) is 18.2 Å². The SMILES string of the molecule is CCN(CCc1nc2ccc(C)cc2[nH]1)C(=O)CN1CCC[C@@H](O)C1. The standard InChI is InChI=1S/C19H28N4O2/c1-3-23(19(25)13-22-9-4-5-15(24)12-22)10-8-18-20-16-7-6-14(2)11-17(16)21-18/h6-7,11,15,24H,3-5,8-10,12-13H2,1-2H3,(H,20,21)/t15-/m1/s1. The molecule has 0 unspecified atom stereocenters. The van der Waals surface area contributed by atoms with Gasteiger partial charge in [-0.1, -0.05) is 6.07 Å². The number of aliphatic hydroxyl groups excluding tert-OH is 1. The number of hydrogen-bond donors (Lipinski definition) is 2. The highest BCUT2D eigenvalue weighted by Crippen LogP contribution is 2.14. The van der Waals surface area contributed by atoms with Crippen LogP contribution in [0.25, 0.3) is 11.0 Å². The third-order valence-corrected chi connectivity index (χ3v) is 4.88. The van der Waals surface area contributed by atoms with Crippen molar-refractivity contribution in [3.8, 4) is 0 Å². The summed E-state index contributed by atoms with van der Waals surface area (Å²) in [5.41, 5.74) is 3.22. The molecule has 3 rings (SSSR count). The number of imidazole rings is 1. The Morgan fingerprint density at radius 1 is 1.48 bits per heavy atom. The average molecular weight is 344 g/mol. The fraction of sp³-hybridized carbons (Fsp3) is 0.579. The summed E-state index contributed by atoms with van der Waals surface area (Å²) in [6.07, 6.45) is 2.22. The van der Waals surface area contributed by atoms with Gasteiger partial charge in [0.05, 0.1) is 23.7 Å². The molecular weight excluding hydrogens is 316 g/mol. The maximum absolute atomic E-state index is 12.6. The Morgan fingerprint density at radius 2 is 2.32 bits per heavy atom. The Labute approximate surface area is 148 Å². The number of aliphatic hydroxyl groups is 1. The summed E-state index contributed by atoms with van der Waals surface area (Å²) in [7, 11) is 0. The third-order valence-electron chi connectivity index (χ3n) is 4.88. The van der Waals surface area contributed by atoms with E-state index < -0.39 is 0 Å². The zero-order valence-electron chi connectivity index (χ0n) is 15.2. The van der Waals surface area contributed by atoms with E-state index in [1.54, 1.807) is 0 Å². The smallest absolute Gasteiger partial charge is 0.236 e. The number of carbonyl (C=O) groups excluding carboxylic acids is 1. The molecule has 1 aliphatic heterocycles. The van der Waals surface area contributed by atoms with E-state index >= 15 is 0 Å². The average Bonchev–Trinajstić information content (AvgIpc) is 2.97. The van der Waals surface area contributed by atoms with Crippen molar-refractivity contribution >= 4 is 16.9 Å². The van der Waals surface area contributed by atoms with Gasteiger partial charge in [-0.05, 0) is 50.9 Å². The molecule has 136 valence electrons. The molecule has 1 aliphatic rings. The molecule has 0 radical (unpaired) electrons. The lowest BCUT2D eigenvalue weighted by molar-refractivity contribution is -0.132. The Hall–Kier alpha value is -1.92. The van der Waals surface area contributed by atoms with Crippen LogP contribution >= 0.6 is 0 Å². The normalized spacial score (nSPS) is 18.6. The van der Waals surface area contributed by atoms with Crippen LogP contribution in [0.2, 0.25) is 0 Å². The first-order valence-electron chi connectivity index (χ1n) is 9.18. The summed E-state index contributed by atoms with van der Waals surface area (Å²) in [6.45, 7) is 7.30. The van der Waals surface area contributed by atoms with Crippen LogP contribution in [0.1, 0.15) is 31.2 Å². The molecule has 1 aromatic heterocycles. The number of aryl methyl sites for hydroxylation is 1. The summed E-state index contributed by atoms with van der Waals surface area (Å²) in [4.78, 5) is 24.4. The van der Waals surface area contributed by atoms with Crippen LogP contribution in [0.3, 0.4) is 0 Å². The monoisotopic (exact) mass is 344 g/mol. The summed E-state index contributed by atoms with van der Waals surface area (Å²) in [5, 5.41) is 9.75. The van der Waals surface area contributed by atoms with Crippen LogP contribution in [-0.4, -0.2) is 69.6 Å². The first-order chi connectivity index (χ1) is 12.0. The lowest BCUT2D eigenvalue weighted by Crippen LogP contribution is -2.46. The lowest BCUT2D eigenvalue weighted by atomic mass is 10.1. The second-order valence-corrected chi connectivity index (χ2v) is 6.96. The van der Waals surface area contributed by atoms with Crippen molar-refractivity contribution in [2.75, 3.05) is 32.7 Å². The predicted octanol–water partition coefficient (Wildman–Crippen LogP) is 1.72. The Morgan fingerprint density at radius 3 is 3.08 bits per heavy atom. The van der Waals surface area contributed by atoms with E-state index in [1.165, 1.54) is 5.56 Å². The zero-order chi connectivity index (χ0) is 17.8. The second kappa shape index (κ2) is 7.97. The number of rotatable bonds is 6. The molecule has 2 aromatic rings. The fourth-order valence-corrected chi connectivity index (χ4v) is 3.46. The fourth-order valence-electron chi connectivity index (χ4n) is 3.46. The van der Waals surface area contributed by atoms with Crippen molar-refractivity contribution in [2.45, 2.75) is 39.2 Å². The first-order valence-corrected chi connectivity index (χ1v) is 9.18. The van der Waals surface area contributed by atoms with Crippen molar-refractivity contribution in [1.82, 2.24) is 19.8 Å². The summed E-state index contributed by atoms with van der Waals surface area (Å²) < 4.78 is 0. The number of nitrogens with zero attached hydrogens (tertiary/aromatic N) is 3. The number of benzene rings is 1. The number of likely N-dealkylation sites (N-methyl/N-ethyl adjacent to an activating group) is 1. The van der Waals surface area contributed by atoms with Gasteiger partial charge >= 0.3 is 0 Å². The molecule has 0 bridgehead atoms. The number of nitrogens with one attached hydrogen (secondary N) is 1. The Kier molecular flexibility index (Phi) is 5.71. The van der Waals surface area contributed by atoms with Crippen molar-refractivity contribution in [3.63, 3.8) is 0 Å². The number of β-amino-alcohol motifs (C(OH)–C–C–N with tert-alkyl or cyclic N) is 1. The van der Waals surface area contributed by atoms with Gasteiger partial charge in [0.25, 0.3) is 0 Å². The van der Waals surface area contributed by atoms with Crippen LogP contribution in [0.4, 0.5) is 0 Å². The number of piperidine rings is 1. The van der Waals surface area contributed by atoms with E-state index in [1.807, 2.05) is 17.9 Å². The number of aromatic nitrogens is 2. The van der Waals surface area contributed by atoms with Gasteiger partial charge in [0.2, 0.25) is 5.91 Å².